The highest BCUT2D eigenvalue weighted by molar-refractivity contribution is 5.20. The molecule has 1 aliphatic carbocycles. The molecule has 3 atom stereocenters. The molecule has 0 bridgehead atoms. The van der Waals surface area contributed by atoms with Crippen LogP contribution in [0.4, 0.5) is 0 Å². The van der Waals surface area contributed by atoms with E-state index >= 15 is 0 Å². The van der Waals surface area contributed by atoms with Gasteiger partial charge in [-0.3, -0.25) is 4.90 Å². The Morgan fingerprint density at radius 1 is 0.762 bits per heavy atom. The molecule has 1 unspecified atom stereocenters. The second kappa shape index (κ2) is 5.63. The molecule has 1 heterocycles. The fourth-order valence-corrected chi connectivity index (χ4v) is 3.83. The number of piperidine rings is 1. The molecule has 2 fully saturated rings. The Labute approximate surface area is 126 Å². The van der Waals surface area contributed by atoms with E-state index in [4.69, 9.17) is 0 Å². The Balaban J connectivity index is 1.52. The molecule has 2 aliphatic rings. The molecule has 1 N–H and O–H groups in total. The molecule has 0 amide bonds. The predicted octanol–water partition coefficient (Wildman–Crippen LogP) is 2.91. The number of nitrogens with one attached hydrogen (secondary N) is 1. The molecule has 2 heteroatoms. The molecule has 108 valence electrons. The van der Waals surface area contributed by atoms with E-state index in [1.54, 1.807) is 0 Å². The van der Waals surface area contributed by atoms with Crippen LogP contribution in [0.3, 0.4) is 0 Å². The first-order valence-corrected chi connectivity index (χ1v) is 7.94. The second-order valence-corrected chi connectivity index (χ2v) is 6.35. The number of hydrogen-bond donors (Lipinski definition) is 1. The molecule has 1 aliphatic heterocycles. The predicted molar refractivity (Wildman–Crippen MR) is 85.8 cm³/mol. The molecule has 4 rings (SSSR count). The van der Waals surface area contributed by atoms with Crippen molar-refractivity contribution >= 4 is 0 Å². The first kappa shape index (κ1) is 13.1. The summed E-state index contributed by atoms with van der Waals surface area (Å²) in [5, 5.41) is 3.51. The van der Waals surface area contributed by atoms with Crippen molar-refractivity contribution in [3.8, 4) is 0 Å². The van der Waals surface area contributed by atoms with Crippen LogP contribution in [0.25, 0.3) is 0 Å². The van der Waals surface area contributed by atoms with Gasteiger partial charge in [-0.25, -0.2) is 0 Å². The number of hydrogen-bond acceptors (Lipinski definition) is 2. The van der Waals surface area contributed by atoms with Crippen molar-refractivity contribution in [2.24, 2.45) is 11.8 Å². The molecular weight excluding hydrogens is 256 g/mol. The topological polar surface area (TPSA) is 15.3 Å². The third kappa shape index (κ3) is 2.74. The lowest BCUT2D eigenvalue weighted by atomic mass is 10.1. The first-order chi connectivity index (χ1) is 10.4. The third-order valence-corrected chi connectivity index (χ3v) is 4.93. The lowest BCUT2D eigenvalue weighted by Crippen LogP contribution is -2.32. The summed E-state index contributed by atoms with van der Waals surface area (Å²) < 4.78 is 0. The van der Waals surface area contributed by atoms with Gasteiger partial charge in [0.15, 0.2) is 0 Å². The van der Waals surface area contributed by atoms with E-state index in [2.05, 4.69) is 70.9 Å². The van der Waals surface area contributed by atoms with Gasteiger partial charge in [-0.15, -0.1) is 0 Å². The fraction of sp³-hybridized carbons (Fsp3) is 0.368. The standard InChI is InChI=1S/C19H22N2/c1-3-7-15(8-4-1)13-21(14-16-9-5-2-6-10-16)19-17-11-20-12-18(17)19/h1-10,17-20H,11-14H2/t17-,18+,19?. The van der Waals surface area contributed by atoms with E-state index in [1.807, 2.05) is 0 Å². The molecular formula is C19H22N2. The SMILES string of the molecule is c1ccc(CN(Cc2ccccc2)C2[C@H]3CNC[C@@H]23)cc1. The average Bonchev–Trinajstić information content (AvgIpc) is 3.01. The highest BCUT2D eigenvalue weighted by Crippen LogP contribution is 2.46. The Hall–Kier alpha value is -1.64. The molecule has 2 aromatic rings. The van der Waals surface area contributed by atoms with E-state index in [0.717, 1.165) is 31.0 Å². The second-order valence-electron chi connectivity index (χ2n) is 6.35. The number of nitrogens with zero attached hydrogens (tertiary/aromatic N) is 1. The quantitative estimate of drug-likeness (QED) is 0.904. The third-order valence-electron chi connectivity index (χ3n) is 4.93. The normalized spacial score (nSPS) is 26.8. The van der Waals surface area contributed by atoms with Gasteiger partial charge in [0, 0.05) is 19.1 Å². The van der Waals surface area contributed by atoms with Gasteiger partial charge in [0.1, 0.15) is 0 Å². The Bertz CT molecular complexity index is 530. The summed E-state index contributed by atoms with van der Waals surface area (Å²) in [7, 11) is 0. The van der Waals surface area contributed by atoms with E-state index in [9.17, 15) is 0 Å². The zero-order chi connectivity index (χ0) is 14.1. The van der Waals surface area contributed by atoms with Crippen LogP contribution in [-0.2, 0) is 13.1 Å². The van der Waals surface area contributed by atoms with Gasteiger partial charge in [0.25, 0.3) is 0 Å². The molecule has 2 nitrogen and oxygen atoms in total. The van der Waals surface area contributed by atoms with Crippen LogP contribution in [-0.4, -0.2) is 24.0 Å². The van der Waals surface area contributed by atoms with E-state index in [-0.39, 0.29) is 0 Å². The number of rotatable bonds is 5. The van der Waals surface area contributed by atoms with Gasteiger partial charge in [0.05, 0.1) is 0 Å². The zero-order valence-electron chi connectivity index (χ0n) is 12.3. The summed E-state index contributed by atoms with van der Waals surface area (Å²) in [6, 6.07) is 22.5. The van der Waals surface area contributed by atoms with E-state index in [1.165, 1.54) is 24.2 Å². The lowest BCUT2D eigenvalue weighted by molar-refractivity contribution is 0.219. The van der Waals surface area contributed by atoms with Gasteiger partial charge < -0.3 is 5.32 Å². The Morgan fingerprint density at radius 3 is 1.71 bits per heavy atom. The maximum Gasteiger partial charge on any atom is 0.0240 e. The molecule has 0 spiro atoms. The maximum atomic E-state index is 3.51. The minimum atomic E-state index is 0.770. The van der Waals surface area contributed by atoms with Gasteiger partial charge in [-0.05, 0) is 36.1 Å². The Morgan fingerprint density at radius 2 is 1.24 bits per heavy atom. The van der Waals surface area contributed by atoms with Crippen molar-refractivity contribution in [1.82, 2.24) is 10.2 Å². The van der Waals surface area contributed by atoms with Crippen LogP contribution >= 0.6 is 0 Å². The molecule has 0 aromatic heterocycles. The maximum absolute atomic E-state index is 3.51. The van der Waals surface area contributed by atoms with Crippen LogP contribution in [0, 0.1) is 11.8 Å². The fourth-order valence-electron chi connectivity index (χ4n) is 3.83. The summed E-state index contributed by atoms with van der Waals surface area (Å²) in [6.07, 6.45) is 0. The minimum Gasteiger partial charge on any atom is -0.316 e. The van der Waals surface area contributed by atoms with E-state index < -0.39 is 0 Å². The van der Waals surface area contributed by atoms with Gasteiger partial charge in [0.2, 0.25) is 0 Å². The Kier molecular flexibility index (Phi) is 3.50. The van der Waals surface area contributed by atoms with Gasteiger partial charge in [-0.1, -0.05) is 60.7 Å². The van der Waals surface area contributed by atoms with Crippen molar-refractivity contribution in [3.05, 3.63) is 71.8 Å². The summed E-state index contributed by atoms with van der Waals surface area (Å²) in [5.74, 6) is 1.75. The van der Waals surface area contributed by atoms with Crippen molar-refractivity contribution < 1.29 is 0 Å². The first-order valence-electron chi connectivity index (χ1n) is 7.94. The number of benzene rings is 2. The highest BCUT2D eigenvalue weighted by atomic mass is 15.2. The summed E-state index contributed by atoms with van der Waals surface area (Å²) in [5.41, 5.74) is 2.85. The van der Waals surface area contributed by atoms with Crippen molar-refractivity contribution in [1.29, 1.82) is 0 Å². The number of fused-ring (bicyclic) bond motifs is 1. The smallest absolute Gasteiger partial charge is 0.0240 e. The van der Waals surface area contributed by atoms with Crippen LogP contribution in [0.5, 0.6) is 0 Å². The monoisotopic (exact) mass is 278 g/mol. The van der Waals surface area contributed by atoms with Crippen LogP contribution in [0.15, 0.2) is 60.7 Å². The van der Waals surface area contributed by atoms with Crippen molar-refractivity contribution in [2.75, 3.05) is 13.1 Å². The van der Waals surface area contributed by atoms with Crippen molar-refractivity contribution in [2.45, 2.75) is 19.1 Å². The van der Waals surface area contributed by atoms with Crippen molar-refractivity contribution in [3.63, 3.8) is 0 Å². The highest BCUT2D eigenvalue weighted by Gasteiger charge is 2.55. The lowest BCUT2D eigenvalue weighted by Gasteiger charge is -2.25. The summed E-state index contributed by atoms with van der Waals surface area (Å²) in [4.78, 5) is 2.68. The molecule has 1 saturated heterocycles. The molecule has 1 saturated carbocycles. The summed E-state index contributed by atoms with van der Waals surface area (Å²) >= 11 is 0. The zero-order valence-corrected chi connectivity index (χ0v) is 12.3. The molecule has 21 heavy (non-hydrogen) atoms. The molecule has 0 radical (unpaired) electrons. The van der Waals surface area contributed by atoms with Crippen LogP contribution in [0.2, 0.25) is 0 Å². The van der Waals surface area contributed by atoms with Gasteiger partial charge >= 0.3 is 0 Å². The van der Waals surface area contributed by atoms with E-state index in [0.29, 0.717) is 0 Å². The summed E-state index contributed by atoms with van der Waals surface area (Å²) in [6.45, 7) is 4.53. The largest absolute Gasteiger partial charge is 0.316 e. The average molecular weight is 278 g/mol. The van der Waals surface area contributed by atoms with Crippen LogP contribution < -0.4 is 5.32 Å². The van der Waals surface area contributed by atoms with Gasteiger partial charge in [-0.2, -0.15) is 0 Å². The minimum absolute atomic E-state index is 0.770. The molecule has 2 aromatic carbocycles. The van der Waals surface area contributed by atoms with Crippen LogP contribution in [0.1, 0.15) is 11.1 Å².